The van der Waals surface area contributed by atoms with Crippen LogP contribution in [0.3, 0.4) is 0 Å². The molecule has 0 bridgehead atoms. The van der Waals surface area contributed by atoms with Crippen molar-refractivity contribution in [2.45, 2.75) is 6.92 Å². The van der Waals surface area contributed by atoms with E-state index >= 15 is 0 Å². The molecule has 0 aliphatic heterocycles. The van der Waals surface area contributed by atoms with Crippen molar-refractivity contribution < 1.29 is 0 Å². The van der Waals surface area contributed by atoms with Crippen LogP contribution in [0, 0.1) is 0 Å². The van der Waals surface area contributed by atoms with Gasteiger partial charge in [-0.25, -0.2) is 0 Å². The van der Waals surface area contributed by atoms with E-state index in [1.165, 1.54) is 5.54 Å². The zero-order valence-electron chi connectivity index (χ0n) is 5.15. The van der Waals surface area contributed by atoms with E-state index in [4.69, 9.17) is 11.6 Å². The van der Waals surface area contributed by atoms with Gasteiger partial charge >= 0.3 is 0 Å². The fourth-order valence-electron chi connectivity index (χ4n) is 0. The van der Waals surface area contributed by atoms with Crippen LogP contribution in [-0.2, 0) is 0 Å². The molecule has 1 heteroatoms. The van der Waals surface area contributed by atoms with Crippen molar-refractivity contribution in [2.24, 2.45) is 0 Å². The number of hydrogen-bond donors (Lipinski definition) is 0. The third-order valence-corrected chi connectivity index (χ3v) is 0.348. The lowest BCUT2D eigenvalue weighted by molar-refractivity contribution is 1.58. The van der Waals surface area contributed by atoms with Gasteiger partial charge in [-0.3, -0.25) is 0 Å². The summed E-state index contributed by atoms with van der Waals surface area (Å²) in [5.41, 5.74) is 2.24. The minimum absolute atomic E-state index is 1.02. The van der Waals surface area contributed by atoms with Crippen LogP contribution in [0.4, 0.5) is 0 Å². The van der Waals surface area contributed by atoms with Gasteiger partial charge in [-0.2, -0.15) is 0 Å². The van der Waals surface area contributed by atoms with Crippen molar-refractivity contribution in [2.75, 3.05) is 0 Å². The third-order valence-electron chi connectivity index (χ3n) is 0.348. The number of allylic oxidation sites excluding steroid dienone is 2. The van der Waals surface area contributed by atoms with E-state index in [9.17, 15) is 0 Å². The van der Waals surface area contributed by atoms with Crippen LogP contribution >= 0.6 is 11.6 Å². The Hall–Kier alpha value is -0.490. The lowest BCUT2D eigenvalue weighted by atomic mass is 10.4. The SMILES string of the molecule is C=CC(=C)C.C=CCl. The second kappa shape index (κ2) is 9.72. The summed E-state index contributed by atoms with van der Waals surface area (Å²) >= 11 is 4.76. The molecule has 8 heavy (non-hydrogen) atoms. The minimum atomic E-state index is 1.02. The summed E-state index contributed by atoms with van der Waals surface area (Å²) in [6.45, 7) is 12.1. The van der Waals surface area contributed by atoms with Crippen molar-refractivity contribution in [3.8, 4) is 0 Å². The number of rotatable bonds is 1. The average molecular weight is 131 g/mol. The molecule has 0 aliphatic rings. The second-order valence-electron chi connectivity index (χ2n) is 1.20. The number of halogens is 1. The Morgan fingerprint density at radius 3 is 1.62 bits per heavy atom. The van der Waals surface area contributed by atoms with Crippen molar-refractivity contribution in [1.29, 1.82) is 0 Å². The highest BCUT2D eigenvalue weighted by molar-refractivity contribution is 6.25. The van der Waals surface area contributed by atoms with Crippen molar-refractivity contribution >= 4 is 11.6 Å². The minimum Gasteiger partial charge on any atom is -0.0988 e. The Balaban J connectivity index is 0. The highest BCUT2D eigenvalue weighted by Crippen LogP contribution is 1.81. The summed E-state index contributed by atoms with van der Waals surface area (Å²) in [5, 5.41) is 0. The van der Waals surface area contributed by atoms with E-state index in [0.29, 0.717) is 0 Å². The maximum Gasteiger partial charge on any atom is -0.00296 e. The van der Waals surface area contributed by atoms with Crippen molar-refractivity contribution in [3.05, 3.63) is 36.9 Å². The molecule has 0 heterocycles. The van der Waals surface area contributed by atoms with Crippen LogP contribution in [0.5, 0.6) is 0 Å². The predicted molar refractivity (Wildman–Crippen MR) is 41.1 cm³/mol. The van der Waals surface area contributed by atoms with Gasteiger partial charge in [0.25, 0.3) is 0 Å². The molecule has 0 N–H and O–H groups in total. The van der Waals surface area contributed by atoms with E-state index < -0.39 is 0 Å². The summed E-state index contributed by atoms with van der Waals surface area (Å²) in [7, 11) is 0. The maximum atomic E-state index is 4.76. The molecular formula is C7H11Cl. The zero-order chi connectivity index (χ0) is 6.99. The molecule has 0 fully saturated rings. The van der Waals surface area contributed by atoms with Gasteiger partial charge in [-0.1, -0.05) is 43.0 Å². The lowest BCUT2D eigenvalue weighted by Crippen LogP contribution is -1.50. The summed E-state index contributed by atoms with van der Waals surface area (Å²) in [5.74, 6) is 0. The van der Waals surface area contributed by atoms with Gasteiger partial charge in [0.05, 0.1) is 0 Å². The Morgan fingerprint density at radius 1 is 1.50 bits per heavy atom. The first-order chi connectivity index (χ1) is 3.68. The van der Waals surface area contributed by atoms with Gasteiger partial charge in [0.1, 0.15) is 0 Å². The Morgan fingerprint density at radius 2 is 1.62 bits per heavy atom. The predicted octanol–water partition coefficient (Wildman–Crippen LogP) is 3.12. The van der Waals surface area contributed by atoms with Gasteiger partial charge < -0.3 is 0 Å². The molecule has 0 aromatic heterocycles. The topological polar surface area (TPSA) is 0 Å². The Bertz CT molecular complexity index is 82.4. The second-order valence-corrected chi connectivity index (χ2v) is 1.51. The van der Waals surface area contributed by atoms with Gasteiger partial charge in [0.2, 0.25) is 0 Å². The van der Waals surface area contributed by atoms with Crippen LogP contribution in [0.2, 0.25) is 0 Å². The molecule has 0 atom stereocenters. The molecule has 0 aromatic rings. The van der Waals surface area contributed by atoms with Crippen LogP contribution in [0.1, 0.15) is 6.92 Å². The average Bonchev–Trinajstić information content (AvgIpc) is 1.69. The smallest absolute Gasteiger partial charge is 0.00296 e. The van der Waals surface area contributed by atoms with E-state index in [-0.39, 0.29) is 0 Å². The van der Waals surface area contributed by atoms with Crippen molar-refractivity contribution in [3.63, 3.8) is 0 Å². The maximum absolute atomic E-state index is 4.76. The molecule has 0 unspecified atom stereocenters. The fourth-order valence-corrected chi connectivity index (χ4v) is 0. The van der Waals surface area contributed by atoms with Crippen LogP contribution in [-0.4, -0.2) is 0 Å². The molecule has 0 spiro atoms. The highest BCUT2D eigenvalue weighted by atomic mass is 35.5. The summed E-state index contributed by atoms with van der Waals surface area (Å²) in [4.78, 5) is 0. The zero-order valence-corrected chi connectivity index (χ0v) is 5.91. The first-order valence-electron chi connectivity index (χ1n) is 2.18. The molecule has 0 radical (unpaired) electrons. The molecule has 46 valence electrons. The van der Waals surface area contributed by atoms with Crippen LogP contribution in [0.25, 0.3) is 0 Å². The molecule has 0 aliphatic carbocycles. The van der Waals surface area contributed by atoms with Crippen LogP contribution in [0.15, 0.2) is 36.9 Å². The first kappa shape index (κ1) is 10.5. The van der Waals surface area contributed by atoms with Gasteiger partial charge in [0.15, 0.2) is 0 Å². The monoisotopic (exact) mass is 130 g/mol. The van der Waals surface area contributed by atoms with E-state index in [1.54, 1.807) is 6.08 Å². The van der Waals surface area contributed by atoms with E-state index in [0.717, 1.165) is 5.57 Å². The molecular weight excluding hydrogens is 120 g/mol. The van der Waals surface area contributed by atoms with Crippen LogP contribution < -0.4 is 0 Å². The molecule has 0 amide bonds. The molecule has 0 rings (SSSR count). The summed E-state index contributed by atoms with van der Waals surface area (Å²) in [6.07, 6.45) is 1.72. The normalized spacial score (nSPS) is 5.75. The Kier molecular flexibility index (Phi) is 12.7. The van der Waals surface area contributed by atoms with Crippen molar-refractivity contribution in [1.82, 2.24) is 0 Å². The summed E-state index contributed by atoms with van der Waals surface area (Å²) in [6, 6.07) is 0. The number of hydrogen-bond acceptors (Lipinski definition) is 0. The fraction of sp³-hybridized carbons (Fsp3) is 0.143. The summed E-state index contributed by atoms with van der Waals surface area (Å²) < 4.78 is 0. The quantitative estimate of drug-likeness (QED) is 0.479. The van der Waals surface area contributed by atoms with Gasteiger partial charge in [-0.05, 0) is 12.5 Å². The lowest BCUT2D eigenvalue weighted by Gasteiger charge is -1.71. The standard InChI is InChI=1S/C5H8.C2H3Cl/c1-4-5(2)3;1-2-3/h4H,1-2H2,3H3;2H,1H2. The molecule has 0 aromatic carbocycles. The third kappa shape index (κ3) is 49.2. The Labute approximate surface area is 56.2 Å². The molecule has 0 nitrogen and oxygen atoms in total. The molecule has 0 saturated carbocycles. The van der Waals surface area contributed by atoms with Gasteiger partial charge in [-0.15, -0.1) is 0 Å². The van der Waals surface area contributed by atoms with E-state index in [2.05, 4.69) is 19.7 Å². The largest absolute Gasteiger partial charge is 0.0988 e. The first-order valence-corrected chi connectivity index (χ1v) is 2.61. The van der Waals surface area contributed by atoms with Gasteiger partial charge in [0, 0.05) is 0 Å². The molecule has 0 saturated heterocycles. The highest BCUT2D eigenvalue weighted by Gasteiger charge is 1.59. The van der Waals surface area contributed by atoms with E-state index in [1.807, 2.05) is 6.92 Å².